The molecule has 0 radical (unpaired) electrons. The van der Waals surface area contributed by atoms with Crippen LogP contribution in [0.2, 0.25) is 5.02 Å². The second-order valence-electron chi connectivity index (χ2n) is 6.23. The van der Waals surface area contributed by atoms with Gasteiger partial charge in [0, 0.05) is 35.4 Å². The molecule has 0 N–H and O–H groups in total. The van der Waals surface area contributed by atoms with E-state index in [0.29, 0.717) is 6.42 Å². The molecule has 7 heteroatoms. The highest BCUT2D eigenvalue weighted by atomic mass is 35.5. The van der Waals surface area contributed by atoms with Gasteiger partial charge in [-0.1, -0.05) is 17.7 Å². The molecule has 1 aliphatic carbocycles. The number of allylic oxidation sites excluding steroid dienone is 2. The second-order valence-corrected chi connectivity index (χ2v) is 7.88. The van der Waals surface area contributed by atoms with E-state index < -0.39 is 4.92 Å². The van der Waals surface area contributed by atoms with E-state index in [1.165, 1.54) is 6.07 Å². The first-order valence-corrected chi connectivity index (χ1v) is 9.38. The van der Waals surface area contributed by atoms with Crippen molar-refractivity contribution in [2.75, 3.05) is 5.75 Å². The molecule has 1 saturated heterocycles. The first kappa shape index (κ1) is 15.8. The molecule has 0 amide bonds. The minimum absolute atomic E-state index is 0.103. The van der Waals surface area contributed by atoms with Crippen LogP contribution >= 0.6 is 23.4 Å². The van der Waals surface area contributed by atoms with Crippen LogP contribution in [0.5, 0.6) is 0 Å². The summed E-state index contributed by atoms with van der Waals surface area (Å²) in [5.74, 6) is 0.961. The maximum atomic E-state index is 12.6. The highest BCUT2D eigenvalue weighted by Gasteiger charge is 2.42. The quantitative estimate of drug-likeness (QED) is 0.580. The van der Waals surface area contributed by atoms with Crippen LogP contribution in [-0.2, 0) is 4.79 Å². The highest BCUT2D eigenvalue weighted by Crippen LogP contribution is 2.48. The molecule has 0 bridgehead atoms. The van der Waals surface area contributed by atoms with Crippen molar-refractivity contribution in [2.24, 2.45) is 4.99 Å². The van der Waals surface area contributed by atoms with E-state index in [9.17, 15) is 14.9 Å². The molecule has 5 nitrogen and oxygen atoms in total. The first-order chi connectivity index (χ1) is 11.6. The van der Waals surface area contributed by atoms with Crippen LogP contribution in [0.25, 0.3) is 0 Å². The van der Waals surface area contributed by atoms with Gasteiger partial charge < -0.3 is 0 Å². The van der Waals surface area contributed by atoms with E-state index in [1.807, 2.05) is 6.07 Å². The number of aliphatic imine (C=N–C) groups is 1. The summed E-state index contributed by atoms with van der Waals surface area (Å²) in [5, 5.41) is 11.5. The average molecular weight is 363 g/mol. The van der Waals surface area contributed by atoms with Crippen LogP contribution in [0.1, 0.15) is 37.2 Å². The summed E-state index contributed by atoms with van der Waals surface area (Å²) in [7, 11) is 0. The second kappa shape index (κ2) is 6.01. The van der Waals surface area contributed by atoms with Gasteiger partial charge in [0.05, 0.1) is 10.2 Å². The number of halogens is 1. The molecule has 3 aliphatic rings. The number of nitro groups is 1. The van der Waals surface area contributed by atoms with Gasteiger partial charge in [-0.3, -0.25) is 19.9 Å². The summed E-state index contributed by atoms with van der Waals surface area (Å²) in [6.07, 6.45) is 3.10. The maximum absolute atomic E-state index is 12.6. The zero-order valence-electron chi connectivity index (χ0n) is 12.8. The number of carbonyl (C=O) groups excluding carboxylic acids is 1. The third kappa shape index (κ3) is 2.48. The molecule has 0 spiro atoms. The van der Waals surface area contributed by atoms with E-state index in [4.69, 9.17) is 16.6 Å². The monoisotopic (exact) mass is 362 g/mol. The summed E-state index contributed by atoms with van der Waals surface area (Å²) < 4.78 is 0. The number of thioether (sulfide) groups is 1. The number of carbonyl (C=O) groups is 1. The Morgan fingerprint density at radius 2 is 2.12 bits per heavy atom. The maximum Gasteiger partial charge on any atom is 0.288 e. The lowest BCUT2D eigenvalue weighted by Crippen LogP contribution is -2.32. The SMILES string of the molecule is O=C1CCCC2=C1[C@H](c1ccc(Cl)c([N+](=O)[O-])c1)C1SCCC1=N2. The minimum atomic E-state index is -0.469. The Bertz CT molecular complexity index is 818. The molecule has 1 unspecified atom stereocenters. The molecular weight excluding hydrogens is 348 g/mol. The van der Waals surface area contributed by atoms with Crippen LogP contribution < -0.4 is 0 Å². The Hall–Kier alpha value is -1.66. The molecule has 1 aromatic rings. The molecule has 2 heterocycles. The first-order valence-electron chi connectivity index (χ1n) is 7.95. The fraction of sp³-hybridized carbons (Fsp3) is 0.412. The molecular formula is C17H15ClN2O3S. The summed E-state index contributed by atoms with van der Waals surface area (Å²) in [5.41, 5.74) is 3.46. The molecule has 2 atom stereocenters. The van der Waals surface area contributed by atoms with Crippen LogP contribution in [0, 0.1) is 10.1 Å². The smallest absolute Gasteiger partial charge is 0.288 e. The van der Waals surface area contributed by atoms with Crippen LogP contribution in [0.4, 0.5) is 5.69 Å². The predicted molar refractivity (Wildman–Crippen MR) is 95.0 cm³/mol. The van der Waals surface area contributed by atoms with Gasteiger partial charge in [0.2, 0.25) is 0 Å². The number of hydrogen-bond donors (Lipinski definition) is 0. The Morgan fingerprint density at radius 1 is 1.29 bits per heavy atom. The molecule has 2 aliphatic heterocycles. The van der Waals surface area contributed by atoms with Crippen molar-refractivity contribution < 1.29 is 9.72 Å². The Morgan fingerprint density at radius 3 is 2.92 bits per heavy atom. The molecule has 1 fully saturated rings. The van der Waals surface area contributed by atoms with Crippen LogP contribution in [-0.4, -0.2) is 27.4 Å². The predicted octanol–water partition coefficient (Wildman–Crippen LogP) is 4.30. The van der Waals surface area contributed by atoms with Crippen molar-refractivity contribution in [3.05, 3.63) is 50.2 Å². The fourth-order valence-electron chi connectivity index (χ4n) is 3.78. The van der Waals surface area contributed by atoms with E-state index in [1.54, 1.807) is 17.8 Å². The summed E-state index contributed by atoms with van der Waals surface area (Å²) >= 11 is 7.74. The standard InChI is InChI=1S/C17H15ClN2O3S/c18-10-5-4-9(8-13(10)20(22)23)15-16-11(2-1-3-14(16)21)19-12-6-7-24-17(12)15/h4-5,8,15,17H,1-3,6-7H2/t15-,17?/m0/s1. The van der Waals surface area contributed by atoms with E-state index in [2.05, 4.69) is 0 Å². The summed E-state index contributed by atoms with van der Waals surface area (Å²) in [4.78, 5) is 28.1. The van der Waals surface area contributed by atoms with E-state index in [0.717, 1.165) is 47.6 Å². The lowest BCUT2D eigenvalue weighted by Gasteiger charge is -2.33. The molecule has 0 saturated carbocycles. The number of nitro benzene ring substituents is 1. The highest BCUT2D eigenvalue weighted by molar-refractivity contribution is 8.01. The summed E-state index contributed by atoms with van der Waals surface area (Å²) in [6.45, 7) is 0. The number of nitrogens with zero attached hydrogens (tertiary/aromatic N) is 2. The van der Waals surface area contributed by atoms with Gasteiger partial charge in [-0.25, -0.2) is 0 Å². The number of ketones is 1. The van der Waals surface area contributed by atoms with Crippen molar-refractivity contribution in [1.82, 2.24) is 0 Å². The lowest BCUT2D eigenvalue weighted by atomic mass is 9.77. The molecule has 4 rings (SSSR count). The summed E-state index contributed by atoms with van der Waals surface area (Å²) in [6, 6.07) is 4.91. The van der Waals surface area contributed by atoms with Crippen molar-refractivity contribution in [2.45, 2.75) is 36.9 Å². The Kier molecular flexibility index (Phi) is 3.96. The zero-order chi connectivity index (χ0) is 16.8. The van der Waals surface area contributed by atoms with Crippen molar-refractivity contribution in [1.29, 1.82) is 0 Å². The van der Waals surface area contributed by atoms with Crippen molar-refractivity contribution in [3.63, 3.8) is 0 Å². The number of Topliss-reactive ketones (excluding diaryl/α,β-unsaturated/α-hetero) is 1. The minimum Gasteiger partial charge on any atom is -0.294 e. The Balaban J connectivity index is 1.87. The van der Waals surface area contributed by atoms with Gasteiger partial charge in [-0.15, -0.1) is 0 Å². The zero-order valence-corrected chi connectivity index (χ0v) is 14.4. The van der Waals surface area contributed by atoms with Crippen molar-refractivity contribution >= 4 is 40.5 Å². The topological polar surface area (TPSA) is 72.6 Å². The Labute approximate surface area is 148 Å². The van der Waals surface area contributed by atoms with Gasteiger partial charge in [-0.05, 0) is 36.6 Å². The molecule has 124 valence electrons. The number of hydrogen-bond acceptors (Lipinski definition) is 5. The third-order valence-corrected chi connectivity index (χ3v) is 6.49. The number of fused-ring (bicyclic) bond motifs is 1. The molecule has 1 aromatic carbocycles. The third-order valence-electron chi connectivity index (χ3n) is 4.83. The normalized spacial score (nSPS) is 26.0. The van der Waals surface area contributed by atoms with Gasteiger partial charge in [0.25, 0.3) is 5.69 Å². The fourth-order valence-corrected chi connectivity index (χ4v) is 5.40. The lowest BCUT2D eigenvalue weighted by molar-refractivity contribution is -0.384. The largest absolute Gasteiger partial charge is 0.294 e. The van der Waals surface area contributed by atoms with E-state index >= 15 is 0 Å². The van der Waals surface area contributed by atoms with E-state index in [-0.39, 0.29) is 27.7 Å². The molecule has 24 heavy (non-hydrogen) atoms. The van der Waals surface area contributed by atoms with Gasteiger partial charge in [-0.2, -0.15) is 11.8 Å². The van der Waals surface area contributed by atoms with Crippen molar-refractivity contribution in [3.8, 4) is 0 Å². The number of benzene rings is 1. The van der Waals surface area contributed by atoms with Gasteiger partial charge in [0.15, 0.2) is 5.78 Å². The van der Waals surface area contributed by atoms with Gasteiger partial charge >= 0.3 is 0 Å². The number of rotatable bonds is 2. The average Bonchev–Trinajstić information content (AvgIpc) is 3.01. The molecule has 0 aromatic heterocycles. The van der Waals surface area contributed by atoms with Crippen LogP contribution in [0.15, 0.2) is 34.5 Å². The van der Waals surface area contributed by atoms with Crippen LogP contribution in [0.3, 0.4) is 0 Å². The van der Waals surface area contributed by atoms with Gasteiger partial charge in [0.1, 0.15) is 5.02 Å².